The molecule has 1 heterocycles. The highest BCUT2D eigenvalue weighted by molar-refractivity contribution is 5.77. The largest absolute Gasteiger partial charge is 0.306 e. The lowest BCUT2D eigenvalue weighted by Gasteiger charge is -2.21. The van der Waals surface area contributed by atoms with Crippen molar-refractivity contribution in [1.82, 2.24) is 9.91 Å². The first kappa shape index (κ1) is 10.5. The minimum absolute atomic E-state index is 0.0419. The van der Waals surface area contributed by atoms with Gasteiger partial charge in [-0.2, -0.15) is 0 Å². The van der Waals surface area contributed by atoms with Gasteiger partial charge in [0.05, 0.1) is 0 Å². The molecule has 2 unspecified atom stereocenters. The minimum atomic E-state index is 0.0419. The lowest BCUT2D eigenvalue weighted by atomic mass is 9.92. The van der Waals surface area contributed by atoms with Gasteiger partial charge in [0.2, 0.25) is 5.91 Å². The second kappa shape index (κ2) is 4.07. The van der Waals surface area contributed by atoms with Gasteiger partial charge in [-0.05, 0) is 25.9 Å². The molecule has 1 saturated heterocycles. The fraction of sp³-hybridized carbons (Fsp3) is 0.889. The third-order valence-electron chi connectivity index (χ3n) is 2.87. The summed E-state index contributed by atoms with van der Waals surface area (Å²) in [5.74, 6) is 5.98. The predicted octanol–water partition coefficient (Wildman–Crippen LogP) is -0.0937. The molecule has 1 amide bonds. The van der Waals surface area contributed by atoms with Crippen LogP contribution in [0.3, 0.4) is 0 Å². The lowest BCUT2D eigenvalue weighted by Crippen LogP contribution is -2.40. The lowest BCUT2D eigenvalue weighted by molar-refractivity contribution is -0.135. The summed E-state index contributed by atoms with van der Waals surface area (Å²) in [5.41, 5.74) is 0. The van der Waals surface area contributed by atoms with Gasteiger partial charge < -0.3 is 4.90 Å². The van der Waals surface area contributed by atoms with Crippen molar-refractivity contribution in [3.8, 4) is 0 Å². The molecule has 76 valence electrons. The summed E-state index contributed by atoms with van der Waals surface area (Å²) in [6, 6.07) is 0. The van der Waals surface area contributed by atoms with Crippen LogP contribution in [0.1, 0.15) is 13.3 Å². The van der Waals surface area contributed by atoms with Gasteiger partial charge in [-0.15, -0.1) is 0 Å². The van der Waals surface area contributed by atoms with Crippen LogP contribution in [-0.4, -0.2) is 43.0 Å². The Hall–Kier alpha value is -0.610. The maximum Gasteiger partial charge on any atom is 0.239 e. The van der Waals surface area contributed by atoms with Gasteiger partial charge in [0.25, 0.3) is 0 Å². The summed E-state index contributed by atoms with van der Waals surface area (Å²) in [6.07, 6.45) is 1.11. The molecule has 13 heavy (non-hydrogen) atoms. The Morgan fingerprint density at radius 2 is 2.31 bits per heavy atom. The zero-order valence-electron chi connectivity index (χ0n) is 8.66. The van der Waals surface area contributed by atoms with Crippen LogP contribution >= 0.6 is 0 Å². The van der Waals surface area contributed by atoms with Crippen molar-refractivity contribution in [2.75, 3.05) is 27.2 Å². The van der Waals surface area contributed by atoms with Crippen LogP contribution in [-0.2, 0) is 4.79 Å². The summed E-state index contributed by atoms with van der Waals surface area (Å²) >= 11 is 0. The molecule has 0 bridgehead atoms. The van der Waals surface area contributed by atoms with Crippen molar-refractivity contribution in [3.05, 3.63) is 0 Å². The van der Waals surface area contributed by atoms with Gasteiger partial charge in [-0.1, -0.05) is 6.92 Å². The average Bonchev–Trinajstić information content (AvgIpc) is 2.49. The summed E-state index contributed by atoms with van der Waals surface area (Å²) < 4.78 is 0. The van der Waals surface area contributed by atoms with Gasteiger partial charge in [-0.3, -0.25) is 9.80 Å². The van der Waals surface area contributed by atoms with Crippen molar-refractivity contribution in [2.45, 2.75) is 13.3 Å². The third kappa shape index (κ3) is 2.42. The zero-order valence-corrected chi connectivity index (χ0v) is 8.66. The normalized spacial score (nSPS) is 26.0. The van der Waals surface area contributed by atoms with Crippen LogP contribution in [0.5, 0.6) is 0 Å². The number of hydrogen-bond acceptors (Lipinski definition) is 3. The first-order valence-electron chi connectivity index (χ1n) is 4.73. The van der Waals surface area contributed by atoms with Crippen molar-refractivity contribution in [1.29, 1.82) is 0 Å². The van der Waals surface area contributed by atoms with Gasteiger partial charge in [-0.25, -0.2) is 5.84 Å². The summed E-state index contributed by atoms with van der Waals surface area (Å²) in [5, 5.41) is 1.20. The van der Waals surface area contributed by atoms with E-state index >= 15 is 0 Å². The molecule has 1 aliphatic rings. The van der Waals surface area contributed by atoms with Crippen LogP contribution < -0.4 is 5.84 Å². The number of hydrazine groups is 1. The molecule has 1 rings (SSSR count). The molecule has 0 aliphatic carbocycles. The van der Waals surface area contributed by atoms with Crippen LogP contribution in [0.25, 0.3) is 0 Å². The fourth-order valence-electron chi connectivity index (χ4n) is 1.90. The quantitative estimate of drug-likeness (QED) is 0.371. The fourth-order valence-corrected chi connectivity index (χ4v) is 1.90. The standard InChI is InChI=1S/C9H19N3O/c1-7(9(13)12(3)10)8-4-5-11(2)6-8/h7-8H,4-6,10H2,1-3H3. The molecular formula is C9H19N3O. The number of carbonyl (C=O) groups is 1. The maximum atomic E-state index is 11.5. The van der Waals surface area contributed by atoms with Crippen molar-refractivity contribution in [3.63, 3.8) is 0 Å². The Morgan fingerprint density at radius 1 is 1.69 bits per heavy atom. The SMILES string of the molecule is CC(C(=O)N(C)N)C1CCN(C)C1. The number of hydrogen-bond donors (Lipinski definition) is 1. The van der Waals surface area contributed by atoms with E-state index in [4.69, 9.17) is 5.84 Å². The van der Waals surface area contributed by atoms with Crippen LogP contribution in [0.4, 0.5) is 0 Å². The number of carbonyl (C=O) groups excluding carboxylic acids is 1. The van der Waals surface area contributed by atoms with Gasteiger partial charge in [0, 0.05) is 19.5 Å². The molecule has 0 spiro atoms. The number of nitrogens with zero attached hydrogens (tertiary/aromatic N) is 2. The van der Waals surface area contributed by atoms with E-state index < -0.39 is 0 Å². The highest BCUT2D eigenvalue weighted by Crippen LogP contribution is 2.23. The summed E-state index contributed by atoms with van der Waals surface area (Å²) in [6.45, 7) is 4.08. The van der Waals surface area contributed by atoms with Crippen molar-refractivity contribution in [2.24, 2.45) is 17.7 Å². The monoisotopic (exact) mass is 185 g/mol. The molecular weight excluding hydrogens is 166 g/mol. The van der Waals surface area contributed by atoms with Gasteiger partial charge in [0.1, 0.15) is 0 Å². The molecule has 2 atom stereocenters. The molecule has 0 radical (unpaired) electrons. The molecule has 0 aromatic carbocycles. The molecule has 2 N–H and O–H groups in total. The van der Waals surface area contributed by atoms with E-state index in [1.807, 2.05) is 6.92 Å². The highest BCUT2D eigenvalue weighted by atomic mass is 16.2. The number of nitrogens with two attached hydrogens (primary N) is 1. The molecule has 1 fully saturated rings. The number of rotatable bonds is 2. The Morgan fingerprint density at radius 3 is 2.69 bits per heavy atom. The van der Waals surface area contributed by atoms with E-state index in [1.54, 1.807) is 7.05 Å². The van der Waals surface area contributed by atoms with E-state index in [1.165, 1.54) is 5.01 Å². The minimum Gasteiger partial charge on any atom is -0.306 e. The Kier molecular flexibility index (Phi) is 3.27. The molecule has 0 aromatic heterocycles. The van der Waals surface area contributed by atoms with Crippen molar-refractivity contribution < 1.29 is 4.79 Å². The molecule has 0 saturated carbocycles. The average molecular weight is 185 g/mol. The topological polar surface area (TPSA) is 49.6 Å². The Balaban J connectivity index is 2.48. The van der Waals surface area contributed by atoms with E-state index in [0.717, 1.165) is 19.5 Å². The summed E-state index contributed by atoms with van der Waals surface area (Å²) in [7, 11) is 3.70. The molecule has 0 aromatic rings. The van der Waals surface area contributed by atoms with Gasteiger partial charge in [0.15, 0.2) is 0 Å². The Labute approximate surface area is 79.6 Å². The summed E-state index contributed by atoms with van der Waals surface area (Å²) in [4.78, 5) is 13.8. The van der Waals surface area contributed by atoms with Crippen LogP contribution in [0.2, 0.25) is 0 Å². The Bertz CT molecular complexity index is 193. The number of likely N-dealkylation sites (tertiary alicyclic amines) is 1. The predicted molar refractivity (Wildman–Crippen MR) is 51.7 cm³/mol. The van der Waals surface area contributed by atoms with Crippen LogP contribution in [0, 0.1) is 11.8 Å². The highest BCUT2D eigenvalue weighted by Gasteiger charge is 2.30. The second-order valence-electron chi connectivity index (χ2n) is 4.05. The van der Waals surface area contributed by atoms with Gasteiger partial charge >= 0.3 is 0 Å². The number of amides is 1. The smallest absolute Gasteiger partial charge is 0.239 e. The van der Waals surface area contributed by atoms with E-state index in [-0.39, 0.29) is 11.8 Å². The van der Waals surface area contributed by atoms with Crippen molar-refractivity contribution >= 4 is 5.91 Å². The first-order valence-corrected chi connectivity index (χ1v) is 4.73. The third-order valence-corrected chi connectivity index (χ3v) is 2.87. The zero-order chi connectivity index (χ0) is 10.0. The van der Waals surface area contributed by atoms with E-state index in [2.05, 4.69) is 11.9 Å². The molecule has 4 heteroatoms. The van der Waals surface area contributed by atoms with E-state index in [0.29, 0.717) is 5.92 Å². The van der Waals surface area contributed by atoms with E-state index in [9.17, 15) is 4.79 Å². The van der Waals surface area contributed by atoms with Crippen LogP contribution in [0.15, 0.2) is 0 Å². The molecule has 4 nitrogen and oxygen atoms in total. The molecule has 1 aliphatic heterocycles. The first-order chi connectivity index (χ1) is 6.02. The maximum absolute atomic E-state index is 11.5. The second-order valence-corrected chi connectivity index (χ2v) is 4.05.